The summed E-state index contributed by atoms with van der Waals surface area (Å²) in [6.45, 7) is 0. The molecular formula is C13H9ClN4S. The van der Waals surface area contributed by atoms with E-state index in [9.17, 15) is 0 Å². The van der Waals surface area contributed by atoms with Crippen LogP contribution in [-0.2, 0) is 0 Å². The number of para-hydroxylation sites is 2. The van der Waals surface area contributed by atoms with E-state index in [1.165, 1.54) is 0 Å². The zero-order chi connectivity index (χ0) is 13.2. The van der Waals surface area contributed by atoms with Crippen LogP contribution in [0.15, 0.2) is 54.6 Å². The van der Waals surface area contributed by atoms with Crippen molar-refractivity contribution in [3.8, 4) is 11.4 Å². The Balaban J connectivity index is 2.15. The van der Waals surface area contributed by atoms with Gasteiger partial charge in [0.05, 0.1) is 16.4 Å². The van der Waals surface area contributed by atoms with E-state index in [1.54, 1.807) is 15.4 Å². The lowest BCUT2D eigenvalue weighted by Gasteiger charge is -2.02. The van der Waals surface area contributed by atoms with Gasteiger partial charge in [0, 0.05) is 0 Å². The number of aromatic nitrogens is 4. The lowest BCUT2D eigenvalue weighted by molar-refractivity contribution is 0.756. The molecule has 3 aromatic rings. The van der Waals surface area contributed by atoms with Crippen molar-refractivity contribution in [1.82, 2.24) is 19.8 Å². The molecule has 6 heteroatoms. The van der Waals surface area contributed by atoms with Gasteiger partial charge in [-0.3, -0.25) is 0 Å². The van der Waals surface area contributed by atoms with Gasteiger partial charge in [0.1, 0.15) is 0 Å². The molecule has 0 amide bonds. The molecule has 2 aromatic carbocycles. The van der Waals surface area contributed by atoms with Gasteiger partial charge in [-0.2, -0.15) is 9.36 Å². The van der Waals surface area contributed by atoms with E-state index in [4.69, 9.17) is 23.8 Å². The summed E-state index contributed by atoms with van der Waals surface area (Å²) in [5.41, 5.74) is 1.59. The fraction of sp³-hybridized carbons (Fsp3) is 0. The average molecular weight is 289 g/mol. The minimum atomic E-state index is 0.472. The van der Waals surface area contributed by atoms with Crippen molar-refractivity contribution in [1.29, 1.82) is 0 Å². The van der Waals surface area contributed by atoms with Crippen molar-refractivity contribution < 1.29 is 0 Å². The highest BCUT2D eigenvalue weighted by atomic mass is 35.5. The predicted octanol–water partition coefficient (Wildman–Crippen LogP) is 3.44. The van der Waals surface area contributed by atoms with Crippen molar-refractivity contribution >= 4 is 23.8 Å². The van der Waals surface area contributed by atoms with Crippen LogP contribution in [0.5, 0.6) is 0 Å². The van der Waals surface area contributed by atoms with E-state index in [0.29, 0.717) is 9.79 Å². The predicted molar refractivity (Wildman–Crippen MR) is 76.5 cm³/mol. The van der Waals surface area contributed by atoms with Crippen LogP contribution in [0.1, 0.15) is 0 Å². The summed E-state index contributed by atoms with van der Waals surface area (Å²) in [7, 11) is 0. The van der Waals surface area contributed by atoms with Gasteiger partial charge in [-0.15, -0.1) is 0 Å². The summed E-state index contributed by atoms with van der Waals surface area (Å²) in [6.07, 6.45) is 0. The van der Waals surface area contributed by atoms with Gasteiger partial charge in [0.2, 0.25) is 4.77 Å². The molecule has 0 saturated carbocycles. The molecule has 3 rings (SSSR count). The Bertz CT molecular complexity index is 764. The van der Waals surface area contributed by atoms with Crippen LogP contribution in [-0.4, -0.2) is 19.8 Å². The Morgan fingerprint density at radius 1 is 0.842 bits per heavy atom. The summed E-state index contributed by atoms with van der Waals surface area (Å²) in [6, 6.07) is 17.0. The molecule has 0 aliphatic carbocycles. The quantitative estimate of drug-likeness (QED) is 0.678. The third-order valence-electron chi connectivity index (χ3n) is 2.66. The van der Waals surface area contributed by atoms with E-state index in [0.717, 1.165) is 11.4 Å². The Labute approximate surface area is 119 Å². The molecule has 0 spiro atoms. The molecule has 0 bridgehead atoms. The fourth-order valence-electron chi connectivity index (χ4n) is 1.75. The van der Waals surface area contributed by atoms with Crippen LogP contribution >= 0.6 is 23.8 Å². The minimum absolute atomic E-state index is 0.472. The largest absolute Gasteiger partial charge is 0.225 e. The second-order valence-electron chi connectivity index (χ2n) is 3.87. The van der Waals surface area contributed by atoms with Crippen LogP contribution < -0.4 is 0 Å². The van der Waals surface area contributed by atoms with Gasteiger partial charge >= 0.3 is 0 Å². The third kappa shape index (κ3) is 2.18. The molecule has 0 saturated heterocycles. The Morgan fingerprint density at radius 3 is 2.21 bits per heavy atom. The van der Waals surface area contributed by atoms with Gasteiger partial charge in [-0.1, -0.05) is 41.9 Å². The van der Waals surface area contributed by atoms with Crippen LogP contribution in [0, 0.1) is 4.77 Å². The van der Waals surface area contributed by atoms with Crippen LogP contribution in [0.25, 0.3) is 11.4 Å². The van der Waals surface area contributed by atoms with Gasteiger partial charge in [-0.25, -0.2) is 0 Å². The number of hydrogen-bond acceptors (Lipinski definition) is 3. The van der Waals surface area contributed by atoms with Gasteiger partial charge < -0.3 is 0 Å². The molecule has 1 aromatic heterocycles. The third-order valence-corrected chi connectivity index (χ3v) is 3.33. The molecule has 4 nitrogen and oxygen atoms in total. The molecule has 0 radical (unpaired) electrons. The normalized spacial score (nSPS) is 10.6. The summed E-state index contributed by atoms with van der Waals surface area (Å²) in [5.74, 6) is 0. The molecule has 0 aliphatic heterocycles. The zero-order valence-electron chi connectivity index (χ0n) is 9.77. The highest BCUT2D eigenvalue weighted by Gasteiger charge is 2.09. The maximum atomic E-state index is 6.14. The zero-order valence-corrected chi connectivity index (χ0v) is 11.3. The van der Waals surface area contributed by atoms with Gasteiger partial charge in [0.15, 0.2) is 0 Å². The van der Waals surface area contributed by atoms with Crippen molar-refractivity contribution in [3.63, 3.8) is 0 Å². The minimum Gasteiger partial charge on any atom is -0.185 e. The summed E-state index contributed by atoms with van der Waals surface area (Å²) >= 11 is 11.5. The standard InChI is InChI=1S/C13H9ClN4S/c14-11-8-4-5-9-12(11)18-13(19)17(15-16-18)10-6-2-1-3-7-10/h1-9H. The molecular weight excluding hydrogens is 280 g/mol. The topological polar surface area (TPSA) is 35.6 Å². The van der Waals surface area contributed by atoms with E-state index >= 15 is 0 Å². The summed E-state index contributed by atoms with van der Waals surface area (Å²) in [5, 5.41) is 8.72. The molecule has 0 unspecified atom stereocenters. The molecule has 0 N–H and O–H groups in total. The van der Waals surface area contributed by atoms with E-state index in [1.807, 2.05) is 48.5 Å². The summed E-state index contributed by atoms with van der Waals surface area (Å²) < 4.78 is 3.61. The van der Waals surface area contributed by atoms with E-state index in [-0.39, 0.29) is 0 Å². The first-order chi connectivity index (χ1) is 9.27. The number of rotatable bonds is 2. The van der Waals surface area contributed by atoms with Crippen molar-refractivity contribution in [2.45, 2.75) is 0 Å². The first-order valence-electron chi connectivity index (χ1n) is 5.63. The molecule has 0 aliphatic rings. The molecule has 1 heterocycles. The van der Waals surface area contributed by atoms with Gasteiger partial charge in [-0.05, 0) is 46.9 Å². The summed E-state index contributed by atoms with van der Waals surface area (Å²) in [4.78, 5) is 0. The fourth-order valence-corrected chi connectivity index (χ4v) is 2.24. The second-order valence-corrected chi connectivity index (χ2v) is 4.64. The van der Waals surface area contributed by atoms with Crippen LogP contribution in [0.3, 0.4) is 0 Å². The number of tetrazole rings is 1. The average Bonchev–Trinajstić information content (AvgIpc) is 2.82. The molecule has 94 valence electrons. The van der Waals surface area contributed by atoms with Crippen molar-refractivity contribution in [3.05, 3.63) is 64.4 Å². The number of halogens is 1. The van der Waals surface area contributed by atoms with Crippen molar-refractivity contribution in [2.75, 3.05) is 0 Å². The Hall–Kier alpha value is -1.98. The van der Waals surface area contributed by atoms with Crippen LogP contribution in [0.4, 0.5) is 0 Å². The Morgan fingerprint density at radius 2 is 1.47 bits per heavy atom. The van der Waals surface area contributed by atoms with Gasteiger partial charge in [0.25, 0.3) is 0 Å². The first-order valence-corrected chi connectivity index (χ1v) is 6.41. The Kier molecular flexibility index (Phi) is 3.15. The smallest absolute Gasteiger partial charge is 0.185 e. The lowest BCUT2D eigenvalue weighted by Crippen LogP contribution is -1.99. The van der Waals surface area contributed by atoms with E-state index in [2.05, 4.69) is 10.4 Å². The molecule has 19 heavy (non-hydrogen) atoms. The lowest BCUT2D eigenvalue weighted by atomic mass is 10.3. The molecule has 0 atom stereocenters. The number of nitrogens with zero attached hydrogens (tertiary/aromatic N) is 4. The number of hydrogen-bond donors (Lipinski definition) is 0. The van der Waals surface area contributed by atoms with E-state index < -0.39 is 0 Å². The SMILES string of the molecule is S=c1n(-c2ccccc2)nnn1-c1ccccc1Cl. The highest BCUT2D eigenvalue weighted by Crippen LogP contribution is 2.19. The maximum absolute atomic E-state index is 6.14. The van der Waals surface area contributed by atoms with Crippen LogP contribution in [0.2, 0.25) is 5.02 Å². The van der Waals surface area contributed by atoms with Crippen molar-refractivity contribution in [2.24, 2.45) is 0 Å². The highest BCUT2D eigenvalue weighted by molar-refractivity contribution is 7.71. The second kappa shape index (κ2) is 4.95. The monoisotopic (exact) mass is 288 g/mol. The maximum Gasteiger partial charge on any atom is 0.225 e. The molecule has 0 fully saturated rings. The number of benzene rings is 2. The first kappa shape index (κ1) is 12.1.